The molecule has 2 nitrogen and oxygen atoms in total. The van der Waals surface area contributed by atoms with Gasteiger partial charge in [0.1, 0.15) is 0 Å². The molecule has 1 aromatic rings. The van der Waals surface area contributed by atoms with Crippen LogP contribution >= 0.6 is 38.5 Å². The lowest BCUT2D eigenvalue weighted by Gasteiger charge is -1.99. The third kappa shape index (κ3) is 1.26. The molecule has 62 valence electrons. The Balaban J connectivity index is 2.68. The average Bonchev–Trinajstić information content (AvgIpc) is 2.33. The molecule has 0 spiro atoms. The van der Waals surface area contributed by atoms with Crippen molar-refractivity contribution < 1.29 is 4.79 Å². The van der Waals surface area contributed by atoms with Gasteiger partial charge in [0.15, 0.2) is 0 Å². The zero-order valence-electron chi connectivity index (χ0n) is 6.03. The monoisotopic (exact) mass is 337 g/mol. The summed E-state index contributed by atoms with van der Waals surface area (Å²) in [6.07, 6.45) is 0. The van der Waals surface area contributed by atoms with E-state index in [9.17, 15) is 4.79 Å². The van der Waals surface area contributed by atoms with Crippen LogP contribution in [0.3, 0.4) is 0 Å². The van der Waals surface area contributed by atoms with Gasteiger partial charge in [-0.3, -0.25) is 4.79 Å². The van der Waals surface area contributed by atoms with E-state index in [-0.39, 0.29) is 5.91 Å². The van der Waals surface area contributed by atoms with E-state index >= 15 is 0 Å². The quantitative estimate of drug-likeness (QED) is 0.723. The van der Waals surface area contributed by atoms with Crippen molar-refractivity contribution in [2.45, 2.75) is 6.54 Å². The molecule has 4 heteroatoms. The summed E-state index contributed by atoms with van der Waals surface area (Å²) in [7, 11) is 0. The van der Waals surface area contributed by atoms with Crippen molar-refractivity contribution in [2.24, 2.45) is 0 Å². The van der Waals surface area contributed by atoms with Crippen LogP contribution in [-0.4, -0.2) is 5.91 Å². The molecule has 0 aliphatic carbocycles. The molecule has 0 fully saturated rings. The maximum absolute atomic E-state index is 11.2. The summed E-state index contributed by atoms with van der Waals surface area (Å²) in [5.74, 6) is 0.0317. The van der Waals surface area contributed by atoms with Crippen LogP contribution in [0.15, 0.2) is 16.6 Å². The second kappa shape index (κ2) is 2.99. The molecule has 2 rings (SSSR count). The molecule has 1 aliphatic rings. The molecule has 1 aliphatic heterocycles. The van der Waals surface area contributed by atoms with Crippen LogP contribution in [0.25, 0.3) is 0 Å². The smallest absolute Gasteiger partial charge is 0.251 e. The molecule has 1 amide bonds. The molecule has 1 aromatic carbocycles. The van der Waals surface area contributed by atoms with Crippen LogP contribution in [0.4, 0.5) is 0 Å². The molecule has 0 saturated carbocycles. The first-order chi connectivity index (χ1) is 5.68. The fraction of sp³-hybridized carbons (Fsp3) is 0.125. The number of rotatable bonds is 0. The number of amides is 1. The molecule has 0 radical (unpaired) electrons. The Morgan fingerprint density at radius 1 is 1.50 bits per heavy atom. The number of hydrogen-bond donors (Lipinski definition) is 1. The summed E-state index contributed by atoms with van der Waals surface area (Å²) in [5, 5.41) is 2.79. The topological polar surface area (TPSA) is 29.1 Å². The van der Waals surface area contributed by atoms with E-state index in [1.165, 1.54) is 0 Å². The summed E-state index contributed by atoms with van der Waals surface area (Å²) in [6.45, 7) is 0.666. The highest BCUT2D eigenvalue weighted by molar-refractivity contribution is 14.1. The molecule has 0 unspecified atom stereocenters. The Labute approximate surface area is 92.0 Å². The Kier molecular flexibility index (Phi) is 2.12. The highest BCUT2D eigenvalue weighted by atomic mass is 127. The molecule has 12 heavy (non-hydrogen) atoms. The van der Waals surface area contributed by atoms with Crippen molar-refractivity contribution in [1.82, 2.24) is 5.32 Å². The zero-order valence-corrected chi connectivity index (χ0v) is 9.77. The minimum atomic E-state index is 0.0317. The van der Waals surface area contributed by atoms with E-state index in [1.54, 1.807) is 0 Å². The summed E-state index contributed by atoms with van der Waals surface area (Å²) in [5.41, 5.74) is 1.91. The van der Waals surface area contributed by atoms with Gasteiger partial charge in [-0.2, -0.15) is 0 Å². The van der Waals surface area contributed by atoms with Crippen molar-refractivity contribution in [1.29, 1.82) is 0 Å². The molecule has 0 aromatic heterocycles. The second-order valence-electron chi connectivity index (χ2n) is 2.60. The van der Waals surface area contributed by atoms with Crippen LogP contribution < -0.4 is 5.32 Å². The molecule has 0 atom stereocenters. The van der Waals surface area contributed by atoms with E-state index < -0.39 is 0 Å². The van der Waals surface area contributed by atoms with Crippen LogP contribution in [0.5, 0.6) is 0 Å². The van der Waals surface area contributed by atoms with E-state index in [0.29, 0.717) is 6.54 Å². The number of hydrogen-bond acceptors (Lipinski definition) is 1. The first-order valence-corrected chi connectivity index (χ1v) is 5.32. The molecular weight excluding hydrogens is 333 g/mol. The van der Waals surface area contributed by atoms with E-state index in [4.69, 9.17) is 0 Å². The lowest BCUT2D eigenvalue weighted by Crippen LogP contribution is -2.12. The van der Waals surface area contributed by atoms with Gasteiger partial charge in [0.05, 0.1) is 0 Å². The van der Waals surface area contributed by atoms with Gasteiger partial charge in [-0.25, -0.2) is 0 Å². The van der Waals surface area contributed by atoms with Crippen molar-refractivity contribution >= 4 is 44.4 Å². The Morgan fingerprint density at radius 2 is 2.25 bits per heavy atom. The maximum atomic E-state index is 11.2. The first-order valence-electron chi connectivity index (χ1n) is 3.44. The molecular formula is C8H5BrINO. The van der Waals surface area contributed by atoms with Crippen LogP contribution in [0, 0.1) is 3.57 Å². The molecule has 1 N–H and O–H groups in total. The van der Waals surface area contributed by atoms with Crippen molar-refractivity contribution in [3.05, 3.63) is 31.3 Å². The average molecular weight is 338 g/mol. The van der Waals surface area contributed by atoms with Gasteiger partial charge < -0.3 is 5.32 Å². The van der Waals surface area contributed by atoms with Gasteiger partial charge in [0.25, 0.3) is 5.91 Å². The fourth-order valence-corrected chi connectivity index (χ4v) is 2.95. The van der Waals surface area contributed by atoms with Gasteiger partial charge in [-0.15, -0.1) is 0 Å². The molecule has 0 saturated heterocycles. The number of carbonyl (C=O) groups excluding carboxylic acids is 1. The summed E-state index contributed by atoms with van der Waals surface area (Å²) < 4.78 is 2.10. The number of benzene rings is 1. The highest BCUT2D eigenvalue weighted by Crippen LogP contribution is 2.25. The standard InChI is InChI=1S/C8H5BrINO/c9-4-1-5-6(7(10)2-4)3-11-8(5)12/h1-2H,3H2,(H,11,12). The fourth-order valence-electron chi connectivity index (χ4n) is 1.25. The maximum Gasteiger partial charge on any atom is 0.251 e. The van der Waals surface area contributed by atoms with Gasteiger partial charge in [0.2, 0.25) is 0 Å². The normalized spacial score (nSPS) is 14.3. The van der Waals surface area contributed by atoms with Crippen molar-refractivity contribution in [3.63, 3.8) is 0 Å². The SMILES string of the molecule is O=C1NCc2c(I)cc(Br)cc21. The Bertz CT molecular complexity index is 364. The van der Waals surface area contributed by atoms with Crippen molar-refractivity contribution in [3.8, 4) is 0 Å². The minimum absolute atomic E-state index is 0.0317. The summed E-state index contributed by atoms with van der Waals surface area (Å²) in [4.78, 5) is 11.2. The predicted octanol–water partition coefficient (Wildman–Crippen LogP) is 2.30. The number of halogens is 2. The van der Waals surface area contributed by atoms with Crippen LogP contribution in [-0.2, 0) is 6.54 Å². The first kappa shape index (κ1) is 8.50. The van der Waals surface area contributed by atoms with Gasteiger partial charge >= 0.3 is 0 Å². The van der Waals surface area contributed by atoms with Crippen LogP contribution in [0.2, 0.25) is 0 Å². The van der Waals surface area contributed by atoms with Gasteiger partial charge in [-0.1, -0.05) is 15.9 Å². The van der Waals surface area contributed by atoms with E-state index in [0.717, 1.165) is 19.2 Å². The zero-order chi connectivity index (χ0) is 8.72. The largest absolute Gasteiger partial charge is 0.348 e. The number of nitrogens with one attached hydrogen (secondary N) is 1. The third-order valence-corrected chi connectivity index (χ3v) is 3.25. The van der Waals surface area contributed by atoms with Gasteiger partial charge in [0, 0.05) is 20.2 Å². The van der Waals surface area contributed by atoms with E-state index in [2.05, 4.69) is 43.8 Å². The summed E-state index contributed by atoms with van der Waals surface area (Å²) >= 11 is 5.60. The molecule has 0 bridgehead atoms. The highest BCUT2D eigenvalue weighted by Gasteiger charge is 2.21. The lowest BCUT2D eigenvalue weighted by molar-refractivity contribution is 0.0965. The Hall–Kier alpha value is -0.100. The lowest BCUT2D eigenvalue weighted by atomic mass is 10.1. The third-order valence-electron chi connectivity index (χ3n) is 1.83. The minimum Gasteiger partial charge on any atom is -0.348 e. The van der Waals surface area contributed by atoms with E-state index in [1.807, 2.05) is 12.1 Å². The summed E-state index contributed by atoms with van der Waals surface area (Å²) in [6, 6.07) is 3.87. The van der Waals surface area contributed by atoms with Crippen molar-refractivity contribution in [2.75, 3.05) is 0 Å². The van der Waals surface area contributed by atoms with Crippen LogP contribution in [0.1, 0.15) is 15.9 Å². The molecule has 1 heterocycles. The predicted molar refractivity (Wildman–Crippen MR) is 58.0 cm³/mol. The Morgan fingerprint density at radius 3 is 3.00 bits per heavy atom. The number of carbonyl (C=O) groups is 1. The second-order valence-corrected chi connectivity index (χ2v) is 4.67. The number of fused-ring (bicyclic) bond motifs is 1. The van der Waals surface area contributed by atoms with Gasteiger partial charge in [-0.05, 0) is 40.3 Å².